The van der Waals surface area contributed by atoms with Crippen LogP contribution in [0.3, 0.4) is 0 Å². The number of nitrogens with zero attached hydrogens (tertiary/aromatic N) is 1. The topological polar surface area (TPSA) is 27.3 Å². The van der Waals surface area contributed by atoms with Gasteiger partial charge >= 0.3 is 0 Å². The highest BCUT2D eigenvalue weighted by atomic mass is 19.1. The first-order valence-corrected chi connectivity index (χ1v) is 6.15. The summed E-state index contributed by atoms with van der Waals surface area (Å²) in [6.45, 7) is 4.42. The summed E-state index contributed by atoms with van der Waals surface area (Å²) in [7, 11) is 1.74. The van der Waals surface area contributed by atoms with E-state index in [9.17, 15) is 4.39 Å². The third kappa shape index (κ3) is 2.63. The fourth-order valence-electron chi connectivity index (χ4n) is 2.20. The average molecular weight is 247 g/mol. The molecule has 0 aliphatic carbocycles. The lowest BCUT2D eigenvalue weighted by atomic mass is 10.1. The fraction of sp³-hybridized carbons (Fsp3) is 0.429. The van der Waals surface area contributed by atoms with Crippen LogP contribution in [0.25, 0.3) is 0 Å². The van der Waals surface area contributed by atoms with Gasteiger partial charge in [-0.1, -0.05) is 12.0 Å². The molecule has 96 valence electrons. The molecule has 0 saturated carbocycles. The molecule has 1 aliphatic heterocycles. The first-order valence-electron chi connectivity index (χ1n) is 6.15. The van der Waals surface area contributed by atoms with Gasteiger partial charge in [-0.15, -0.1) is 6.42 Å². The molecular formula is C14H18FN3. The largest absolute Gasteiger partial charge is 0.387 e. The SMILES string of the molecule is C#Cc1c(NC)ccc(CN2CCNCC2)c1F. The zero-order valence-electron chi connectivity index (χ0n) is 10.6. The third-order valence-corrected chi connectivity index (χ3v) is 3.24. The van der Waals surface area contributed by atoms with Gasteiger partial charge in [0.2, 0.25) is 0 Å². The molecule has 3 nitrogen and oxygen atoms in total. The molecule has 0 atom stereocenters. The maximum atomic E-state index is 14.3. The standard InChI is InChI=1S/C14H18FN3/c1-3-12-13(16-2)5-4-11(14(12)15)10-18-8-6-17-7-9-18/h1,4-5,16-17H,6-10H2,2H3. The van der Waals surface area contributed by atoms with Crippen molar-refractivity contribution in [2.45, 2.75) is 6.54 Å². The van der Waals surface area contributed by atoms with Crippen molar-refractivity contribution >= 4 is 5.69 Å². The van der Waals surface area contributed by atoms with E-state index in [1.807, 2.05) is 12.1 Å². The number of benzene rings is 1. The maximum absolute atomic E-state index is 14.3. The van der Waals surface area contributed by atoms with E-state index in [4.69, 9.17) is 6.42 Å². The number of rotatable bonds is 3. The Bertz CT molecular complexity index is 459. The van der Waals surface area contributed by atoms with Crippen LogP contribution >= 0.6 is 0 Å². The first-order chi connectivity index (χ1) is 8.76. The van der Waals surface area contributed by atoms with Gasteiger partial charge in [-0.25, -0.2) is 4.39 Å². The summed E-state index contributed by atoms with van der Waals surface area (Å²) in [6.07, 6.45) is 5.38. The molecule has 1 aromatic rings. The third-order valence-electron chi connectivity index (χ3n) is 3.24. The number of piperazine rings is 1. The van der Waals surface area contributed by atoms with E-state index in [2.05, 4.69) is 21.5 Å². The minimum Gasteiger partial charge on any atom is -0.387 e. The molecule has 1 saturated heterocycles. The van der Waals surface area contributed by atoms with Crippen LogP contribution in [0.5, 0.6) is 0 Å². The average Bonchev–Trinajstić information content (AvgIpc) is 2.42. The lowest BCUT2D eigenvalue weighted by Gasteiger charge is -2.27. The van der Waals surface area contributed by atoms with Gasteiger partial charge in [-0.3, -0.25) is 4.90 Å². The molecule has 4 heteroatoms. The van der Waals surface area contributed by atoms with Crippen LogP contribution in [0.15, 0.2) is 12.1 Å². The Morgan fingerprint density at radius 3 is 2.78 bits per heavy atom. The lowest BCUT2D eigenvalue weighted by molar-refractivity contribution is 0.230. The van der Waals surface area contributed by atoms with E-state index in [-0.39, 0.29) is 5.82 Å². The van der Waals surface area contributed by atoms with Gasteiger partial charge in [-0.2, -0.15) is 0 Å². The van der Waals surface area contributed by atoms with Gasteiger partial charge in [0.05, 0.1) is 11.3 Å². The highest BCUT2D eigenvalue weighted by molar-refractivity contribution is 5.60. The van der Waals surface area contributed by atoms with E-state index in [1.165, 1.54) is 0 Å². The quantitative estimate of drug-likeness (QED) is 0.787. The minimum absolute atomic E-state index is 0.275. The molecule has 1 aromatic carbocycles. The van der Waals surface area contributed by atoms with Crippen molar-refractivity contribution in [3.05, 3.63) is 29.1 Å². The molecule has 18 heavy (non-hydrogen) atoms. The molecule has 0 bridgehead atoms. The van der Waals surface area contributed by atoms with Crippen molar-refractivity contribution in [3.63, 3.8) is 0 Å². The number of terminal acetylenes is 1. The predicted octanol–water partition coefficient (Wildman–Crippen LogP) is 1.25. The van der Waals surface area contributed by atoms with Gasteiger partial charge in [0.1, 0.15) is 5.82 Å². The minimum atomic E-state index is -0.275. The second-order valence-corrected chi connectivity index (χ2v) is 4.38. The maximum Gasteiger partial charge on any atom is 0.145 e. The Morgan fingerprint density at radius 1 is 1.44 bits per heavy atom. The van der Waals surface area contributed by atoms with Gasteiger partial charge < -0.3 is 10.6 Å². The molecule has 0 spiro atoms. The zero-order chi connectivity index (χ0) is 13.0. The molecule has 0 unspecified atom stereocenters. The van der Waals surface area contributed by atoms with Crippen molar-refractivity contribution in [1.82, 2.24) is 10.2 Å². The van der Waals surface area contributed by atoms with E-state index in [1.54, 1.807) is 7.05 Å². The highest BCUT2D eigenvalue weighted by Crippen LogP contribution is 2.22. The zero-order valence-corrected chi connectivity index (χ0v) is 10.6. The predicted molar refractivity (Wildman–Crippen MR) is 72.0 cm³/mol. The first kappa shape index (κ1) is 12.9. The van der Waals surface area contributed by atoms with E-state index >= 15 is 0 Å². The normalized spacial score (nSPS) is 16.3. The van der Waals surface area contributed by atoms with Crippen LogP contribution in [0.1, 0.15) is 11.1 Å². The number of hydrogen-bond acceptors (Lipinski definition) is 3. The fourth-order valence-corrected chi connectivity index (χ4v) is 2.20. The molecule has 0 radical (unpaired) electrons. The van der Waals surface area contributed by atoms with Gasteiger partial charge in [0, 0.05) is 45.3 Å². The molecule has 0 aromatic heterocycles. The molecule has 0 amide bonds. The Morgan fingerprint density at radius 2 is 2.17 bits per heavy atom. The number of anilines is 1. The summed E-state index contributed by atoms with van der Waals surface area (Å²) in [6, 6.07) is 3.65. The lowest BCUT2D eigenvalue weighted by Crippen LogP contribution is -2.43. The Kier molecular flexibility index (Phi) is 4.19. The van der Waals surface area contributed by atoms with Crippen LogP contribution < -0.4 is 10.6 Å². The van der Waals surface area contributed by atoms with Gasteiger partial charge in [0.25, 0.3) is 0 Å². The van der Waals surface area contributed by atoms with Gasteiger partial charge in [-0.05, 0) is 6.07 Å². The van der Waals surface area contributed by atoms with Crippen LogP contribution in [0, 0.1) is 18.2 Å². The number of nitrogens with one attached hydrogen (secondary N) is 2. The summed E-state index contributed by atoms with van der Waals surface area (Å²) < 4.78 is 14.3. The molecule has 1 aliphatic rings. The second kappa shape index (κ2) is 5.85. The Balaban J connectivity index is 2.20. The summed E-state index contributed by atoms with van der Waals surface area (Å²) >= 11 is 0. The van der Waals surface area contributed by atoms with Crippen molar-refractivity contribution in [1.29, 1.82) is 0 Å². The summed E-state index contributed by atoms with van der Waals surface area (Å²) in [4.78, 5) is 2.23. The van der Waals surface area contributed by atoms with Gasteiger partial charge in [0.15, 0.2) is 0 Å². The molecule has 2 rings (SSSR count). The van der Waals surface area contributed by atoms with Crippen molar-refractivity contribution in [3.8, 4) is 12.3 Å². The van der Waals surface area contributed by atoms with Crippen LogP contribution in [0.2, 0.25) is 0 Å². The molecule has 1 heterocycles. The van der Waals surface area contributed by atoms with E-state index in [0.717, 1.165) is 26.2 Å². The van der Waals surface area contributed by atoms with Crippen LogP contribution in [0.4, 0.5) is 10.1 Å². The summed E-state index contributed by atoms with van der Waals surface area (Å²) in [5.74, 6) is 2.15. The van der Waals surface area contributed by atoms with Crippen molar-refractivity contribution < 1.29 is 4.39 Å². The van der Waals surface area contributed by atoms with Crippen LogP contribution in [-0.4, -0.2) is 38.1 Å². The van der Waals surface area contributed by atoms with E-state index < -0.39 is 0 Å². The van der Waals surface area contributed by atoms with E-state index in [0.29, 0.717) is 23.4 Å². The highest BCUT2D eigenvalue weighted by Gasteiger charge is 2.15. The Labute approximate surface area is 107 Å². The van der Waals surface area contributed by atoms with Crippen molar-refractivity contribution in [2.75, 3.05) is 38.5 Å². The smallest absolute Gasteiger partial charge is 0.145 e. The molecule has 2 N–H and O–H groups in total. The molecule has 1 fully saturated rings. The van der Waals surface area contributed by atoms with Crippen molar-refractivity contribution in [2.24, 2.45) is 0 Å². The number of halogens is 1. The summed E-state index contributed by atoms with van der Waals surface area (Å²) in [5, 5.41) is 6.19. The monoisotopic (exact) mass is 247 g/mol. The van der Waals surface area contributed by atoms with Crippen LogP contribution in [-0.2, 0) is 6.54 Å². The summed E-state index contributed by atoms with van der Waals surface area (Å²) in [5.41, 5.74) is 1.66. The Hall–Kier alpha value is -1.57. The second-order valence-electron chi connectivity index (χ2n) is 4.38. The molecular weight excluding hydrogens is 229 g/mol. The number of hydrogen-bond donors (Lipinski definition) is 2.